The lowest BCUT2D eigenvalue weighted by molar-refractivity contribution is 0.137. The van der Waals surface area contributed by atoms with E-state index in [0.717, 1.165) is 55.5 Å². The topological polar surface area (TPSA) is 59.5 Å². The van der Waals surface area contributed by atoms with E-state index in [1.165, 1.54) is 17.7 Å². The fraction of sp³-hybridized carbons (Fsp3) is 0.429. The first-order valence-electron chi connectivity index (χ1n) is 9.77. The fourth-order valence-electron chi connectivity index (χ4n) is 4.81. The summed E-state index contributed by atoms with van der Waals surface area (Å²) < 4.78 is 29.6. The van der Waals surface area contributed by atoms with Crippen LogP contribution >= 0.6 is 0 Å². The molecule has 2 N–H and O–H groups in total. The standard InChI is InChI=1S/C21H23F2N5/c1-12-6-21-25-20-11-27(9-13(20)10-28(21)26-12)15-3-4-16(19(24)8-15)17-7-14(22)2-5-18(17)23/h2,5-7,10,15-16,19H,3-4,8-9,11,24H2,1H3/t15-,16-,19+/m1/s1. The van der Waals surface area contributed by atoms with Crippen LogP contribution in [0.5, 0.6) is 0 Å². The van der Waals surface area contributed by atoms with Crippen LogP contribution in [0.15, 0.2) is 30.5 Å². The second kappa shape index (κ2) is 6.60. The highest BCUT2D eigenvalue weighted by atomic mass is 19.1. The Morgan fingerprint density at radius 1 is 1.14 bits per heavy atom. The number of fused-ring (bicyclic) bond motifs is 2. The Hall–Kier alpha value is -2.38. The van der Waals surface area contributed by atoms with Crippen molar-refractivity contribution in [2.75, 3.05) is 0 Å². The van der Waals surface area contributed by atoms with Gasteiger partial charge in [-0.15, -0.1) is 0 Å². The van der Waals surface area contributed by atoms with Gasteiger partial charge in [-0.1, -0.05) is 0 Å². The van der Waals surface area contributed by atoms with Crippen molar-refractivity contribution < 1.29 is 8.78 Å². The normalized spacial score (nSPS) is 25.4. The molecule has 0 bridgehead atoms. The van der Waals surface area contributed by atoms with Gasteiger partial charge >= 0.3 is 0 Å². The number of hydrogen-bond donors (Lipinski definition) is 1. The highest BCUT2D eigenvalue weighted by Gasteiger charge is 2.36. The summed E-state index contributed by atoms with van der Waals surface area (Å²) in [7, 11) is 0. The van der Waals surface area contributed by atoms with Gasteiger partial charge in [-0.2, -0.15) is 5.10 Å². The maximum absolute atomic E-state index is 14.2. The molecule has 5 rings (SSSR count). The molecule has 1 aromatic carbocycles. The van der Waals surface area contributed by atoms with Crippen molar-refractivity contribution in [2.24, 2.45) is 5.73 Å². The van der Waals surface area contributed by atoms with Crippen molar-refractivity contribution in [2.45, 2.75) is 57.3 Å². The van der Waals surface area contributed by atoms with E-state index < -0.39 is 5.82 Å². The minimum absolute atomic E-state index is 0.138. The SMILES string of the molecule is Cc1cc2nc3c(cn2n1)CN([C@@H]1CC[C@H](c2cc(F)ccc2F)[C@@H](N)C1)C3. The average Bonchev–Trinajstić information content (AvgIpc) is 3.23. The van der Waals surface area contributed by atoms with Crippen LogP contribution in [0.1, 0.15) is 47.7 Å². The summed E-state index contributed by atoms with van der Waals surface area (Å²) in [4.78, 5) is 7.17. The minimum atomic E-state index is -0.410. The van der Waals surface area contributed by atoms with E-state index in [0.29, 0.717) is 11.6 Å². The second-order valence-corrected chi connectivity index (χ2v) is 8.11. The fourth-order valence-corrected chi connectivity index (χ4v) is 4.81. The summed E-state index contributed by atoms with van der Waals surface area (Å²) >= 11 is 0. The van der Waals surface area contributed by atoms with Crippen molar-refractivity contribution >= 4 is 5.65 Å². The van der Waals surface area contributed by atoms with Crippen LogP contribution in [-0.4, -0.2) is 31.6 Å². The average molecular weight is 383 g/mol. The van der Waals surface area contributed by atoms with E-state index in [2.05, 4.69) is 16.2 Å². The molecule has 0 amide bonds. The van der Waals surface area contributed by atoms with Gasteiger partial charge in [-0.05, 0) is 49.9 Å². The zero-order chi connectivity index (χ0) is 19.4. The van der Waals surface area contributed by atoms with Crippen LogP contribution in [0.2, 0.25) is 0 Å². The number of aromatic nitrogens is 3. The Morgan fingerprint density at radius 2 is 2.00 bits per heavy atom. The third kappa shape index (κ3) is 2.99. The van der Waals surface area contributed by atoms with Crippen molar-refractivity contribution in [3.05, 3.63) is 64.6 Å². The zero-order valence-corrected chi connectivity index (χ0v) is 15.8. The van der Waals surface area contributed by atoms with Crippen molar-refractivity contribution in [3.63, 3.8) is 0 Å². The summed E-state index contributed by atoms with van der Waals surface area (Å²) in [6.45, 7) is 3.59. The van der Waals surface area contributed by atoms with Crippen LogP contribution < -0.4 is 5.73 Å². The number of aryl methyl sites for hydroxylation is 1. The first kappa shape index (κ1) is 17.7. The lowest BCUT2D eigenvalue weighted by Gasteiger charge is -2.38. The molecule has 3 atom stereocenters. The molecule has 1 fully saturated rings. The van der Waals surface area contributed by atoms with Crippen LogP contribution in [0.25, 0.3) is 5.65 Å². The van der Waals surface area contributed by atoms with Gasteiger partial charge in [-0.3, -0.25) is 4.90 Å². The first-order valence-corrected chi connectivity index (χ1v) is 9.77. The van der Waals surface area contributed by atoms with Gasteiger partial charge in [-0.25, -0.2) is 18.3 Å². The molecule has 0 spiro atoms. The molecule has 146 valence electrons. The Kier molecular flexibility index (Phi) is 4.17. The van der Waals surface area contributed by atoms with Crippen molar-refractivity contribution in [1.82, 2.24) is 19.5 Å². The van der Waals surface area contributed by atoms with Gasteiger partial charge in [0.2, 0.25) is 0 Å². The largest absolute Gasteiger partial charge is 0.327 e. The smallest absolute Gasteiger partial charge is 0.155 e. The summed E-state index contributed by atoms with van der Waals surface area (Å²) in [5.41, 5.74) is 11.0. The number of hydrogen-bond acceptors (Lipinski definition) is 4. The molecule has 0 saturated heterocycles. The van der Waals surface area contributed by atoms with E-state index in [1.54, 1.807) is 0 Å². The van der Waals surface area contributed by atoms with Crippen molar-refractivity contribution in [3.8, 4) is 0 Å². The summed E-state index contributed by atoms with van der Waals surface area (Å²) in [5.74, 6) is -0.912. The lowest BCUT2D eigenvalue weighted by atomic mass is 9.77. The number of benzene rings is 1. The Morgan fingerprint density at radius 3 is 2.82 bits per heavy atom. The van der Waals surface area contributed by atoms with Crippen LogP contribution in [0, 0.1) is 18.6 Å². The molecule has 3 heterocycles. The molecule has 28 heavy (non-hydrogen) atoms. The van der Waals surface area contributed by atoms with E-state index in [1.807, 2.05) is 17.5 Å². The van der Waals surface area contributed by atoms with Gasteiger partial charge < -0.3 is 5.73 Å². The third-order valence-corrected chi connectivity index (χ3v) is 6.21. The summed E-state index contributed by atoms with van der Waals surface area (Å²) in [5, 5.41) is 4.45. The molecule has 1 aliphatic heterocycles. The third-order valence-electron chi connectivity index (χ3n) is 6.21. The highest BCUT2D eigenvalue weighted by Crippen LogP contribution is 2.37. The maximum atomic E-state index is 14.2. The molecule has 0 radical (unpaired) electrons. The second-order valence-electron chi connectivity index (χ2n) is 8.11. The van der Waals surface area contributed by atoms with E-state index in [9.17, 15) is 8.78 Å². The van der Waals surface area contributed by atoms with E-state index in [4.69, 9.17) is 10.7 Å². The molecule has 2 aliphatic rings. The van der Waals surface area contributed by atoms with Gasteiger partial charge in [0.05, 0.1) is 11.4 Å². The first-order chi connectivity index (χ1) is 13.5. The minimum Gasteiger partial charge on any atom is -0.327 e. The van der Waals surface area contributed by atoms with Crippen LogP contribution in [0.3, 0.4) is 0 Å². The monoisotopic (exact) mass is 383 g/mol. The number of nitrogens with two attached hydrogens (primary N) is 1. The quantitative estimate of drug-likeness (QED) is 0.738. The zero-order valence-electron chi connectivity index (χ0n) is 15.8. The Balaban J connectivity index is 1.31. The predicted octanol–water partition coefficient (Wildman–Crippen LogP) is 3.30. The van der Waals surface area contributed by atoms with Gasteiger partial charge in [0.25, 0.3) is 0 Å². The van der Waals surface area contributed by atoms with Crippen molar-refractivity contribution in [1.29, 1.82) is 0 Å². The maximum Gasteiger partial charge on any atom is 0.155 e. The highest BCUT2D eigenvalue weighted by molar-refractivity contribution is 5.42. The predicted molar refractivity (Wildman–Crippen MR) is 102 cm³/mol. The molecular formula is C21H23F2N5. The van der Waals surface area contributed by atoms with Gasteiger partial charge in [0.1, 0.15) is 11.6 Å². The van der Waals surface area contributed by atoms with Crippen LogP contribution in [-0.2, 0) is 13.1 Å². The van der Waals surface area contributed by atoms with E-state index in [-0.39, 0.29) is 17.8 Å². The molecule has 2 aromatic heterocycles. The molecule has 5 nitrogen and oxygen atoms in total. The molecular weight excluding hydrogens is 360 g/mol. The summed E-state index contributed by atoms with van der Waals surface area (Å²) in [6.07, 6.45) is 4.51. The Labute approximate surface area is 162 Å². The molecule has 3 aromatic rings. The molecule has 1 aliphatic carbocycles. The molecule has 0 unspecified atom stereocenters. The summed E-state index contributed by atoms with van der Waals surface area (Å²) in [6, 6.07) is 5.77. The lowest BCUT2D eigenvalue weighted by Crippen LogP contribution is -2.44. The van der Waals surface area contributed by atoms with Gasteiger partial charge in [0, 0.05) is 48.9 Å². The Bertz CT molecular complexity index is 1000. The number of halogens is 2. The van der Waals surface area contributed by atoms with Gasteiger partial charge in [0.15, 0.2) is 5.65 Å². The molecule has 7 heteroatoms. The number of nitrogens with zero attached hydrogens (tertiary/aromatic N) is 4. The molecule has 1 saturated carbocycles. The number of rotatable bonds is 2. The van der Waals surface area contributed by atoms with E-state index >= 15 is 0 Å². The van der Waals surface area contributed by atoms with Crippen LogP contribution in [0.4, 0.5) is 8.78 Å².